The first-order valence-electron chi connectivity index (χ1n) is 7.74. The molecule has 0 bridgehead atoms. The van der Waals surface area contributed by atoms with Gasteiger partial charge in [0.05, 0.1) is 6.61 Å². The molecule has 1 aliphatic rings. The molecule has 1 aromatic heterocycles. The van der Waals surface area contributed by atoms with Crippen molar-refractivity contribution < 1.29 is 4.74 Å². The van der Waals surface area contributed by atoms with Gasteiger partial charge in [-0.1, -0.05) is 6.92 Å². The average Bonchev–Trinajstić information content (AvgIpc) is 2.71. The molecule has 2 heterocycles. The molecule has 1 aromatic rings. The highest BCUT2D eigenvalue weighted by atomic mass is 35.5. The third-order valence-electron chi connectivity index (χ3n) is 3.55. The van der Waals surface area contributed by atoms with Gasteiger partial charge in [0.1, 0.15) is 0 Å². The third kappa shape index (κ3) is 5.00. The summed E-state index contributed by atoms with van der Waals surface area (Å²) in [5, 5.41) is 0. The standard InChI is InChI=1S/C15H25ClN4O/c1-3-11-21-14-12-13(2)17-15(18-14)20-7-4-6-19(8-5-16)9-10-20/h12H,3-11H2,1-2H3. The minimum atomic E-state index is 0.682. The fourth-order valence-corrected chi connectivity index (χ4v) is 2.70. The molecule has 2 rings (SSSR count). The van der Waals surface area contributed by atoms with Crippen LogP contribution in [0.15, 0.2) is 6.07 Å². The zero-order valence-corrected chi connectivity index (χ0v) is 13.8. The van der Waals surface area contributed by atoms with Gasteiger partial charge in [0.15, 0.2) is 0 Å². The Kier molecular flexibility index (Phi) is 6.51. The van der Waals surface area contributed by atoms with Crippen LogP contribution in [-0.2, 0) is 0 Å². The van der Waals surface area contributed by atoms with Crippen molar-refractivity contribution >= 4 is 17.5 Å². The molecule has 118 valence electrons. The Labute approximate surface area is 132 Å². The van der Waals surface area contributed by atoms with E-state index in [4.69, 9.17) is 16.3 Å². The molecule has 1 saturated heterocycles. The Bertz CT molecular complexity index is 444. The van der Waals surface area contributed by atoms with Crippen molar-refractivity contribution in [3.63, 3.8) is 0 Å². The molecular weight excluding hydrogens is 288 g/mol. The van der Waals surface area contributed by atoms with Crippen LogP contribution < -0.4 is 9.64 Å². The van der Waals surface area contributed by atoms with Crippen LogP contribution in [0.4, 0.5) is 5.95 Å². The van der Waals surface area contributed by atoms with Crippen LogP contribution in [0, 0.1) is 6.92 Å². The third-order valence-corrected chi connectivity index (χ3v) is 3.71. The zero-order chi connectivity index (χ0) is 15.1. The summed E-state index contributed by atoms with van der Waals surface area (Å²) in [6, 6.07) is 1.90. The largest absolute Gasteiger partial charge is 0.478 e. The maximum atomic E-state index is 5.84. The molecule has 1 aliphatic heterocycles. The van der Waals surface area contributed by atoms with Crippen LogP contribution in [0.25, 0.3) is 0 Å². The summed E-state index contributed by atoms with van der Waals surface area (Å²) in [6.45, 7) is 9.75. The number of aryl methyl sites for hydroxylation is 1. The van der Waals surface area contributed by atoms with Crippen LogP contribution in [0.1, 0.15) is 25.5 Å². The van der Waals surface area contributed by atoms with Gasteiger partial charge in [-0.05, 0) is 26.3 Å². The molecule has 5 nitrogen and oxygen atoms in total. The predicted molar refractivity (Wildman–Crippen MR) is 86.5 cm³/mol. The molecule has 1 fully saturated rings. The molecule has 0 saturated carbocycles. The Morgan fingerprint density at radius 2 is 2.10 bits per heavy atom. The quantitative estimate of drug-likeness (QED) is 0.754. The molecule has 0 N–H and O–H groups in total. The predicted octanol–water partition coefficient (Wildman–Crippen LogP) is 2.32. The van der Waals surface area contributed by atoms with Crippen LogP contribution >= 0.6 is 11.6 Å². The molecule has 0 spiro atoms. The summed E-state index contributed by atoms with van der Waals surface area (Å²) < 4.78 is 5.65. The van der Waals surface area contributed by atoms with Crippen LogP contribution in [0.2, 0.25) is 0 Å². The summed E-state index contributed by atoms with van der Waals surface area (Å²) in [6.07, 6.45) is 2.09. The minimum absolute atomic E-state index is 0.682. The molecule has 0 atom stereocenters. The highest BCUT2D eigenvalue weighted by Gasteiger charge is 2.17. The number of anilines is 1. The van der Waals surface area contributed by atoms with Gasteiger partial charge in [-0.3, -0.25) is 0 Å². The van der Waals surface area contributed by atoms with Crippen molar-refractivity contribution in [2.75, 3.05) is 50.1 Å². The first-order chi connectivity index (χ1) is 10.2. The van der Waals surface area contributed by atoms with Crippen molar-refractivity contribution in [2.45, 2.75) is 26.7 Å². The number of ether oxygens (including phenoxy) is 1. The first kappa shape index (κ1) is 16.3. The summed E-state index contributed by atoms with van der Waals surface area (Å²) in [5.41, 5.74) is 0.952. The van der Waals surface area contributed by atoms with E-state index in [0.29, 0.717) is 18.4 Å². The fourth-order valence-electron chi connectivity index (χ4n) is 2.46. The summed E-state index contributed by atoms with van der Waals surface area (Å²) >= 11 is 5.84. The highest BCUT2D eigenvalue weighted by Crippen LogP contribution is 2.17. The topological polar surface area (TPSA) is 41.5 Å². The van der Waals surface area contributed by atoms with Crippen molar-refractivity contribution in [3.05, 3.63) is 11.8 Å². The lowest BCUT2D eigenvalue weighted by Gasteiger charge is -2.22. The SMILES string of the molecule is CCCOc1cc(C)nc(N2CCCN(CCCl)CC2)n1. The van der Waals surface area contributed by atoms with Crippen LogP contribution in [0.3, 0.4) is 0 Å². The van der Waals surface area contributed by atoms with Crippen molar-refractivity contribution in [2.24, 2.45) is 0 Å². The minimum Gasteiger partial charge on any atom is -0.478 e. The van der Waals surface area contributed by atoms with E-state index >= 15 is 0 Å². The smallest absolute Gasteiger partial charge is 0.228 e. The van der Waals surface area contributed by atoms with Gasteiger partial charge in [-0.15, -0.1) is 11.6 Å². The maximum Gasteiger partial charge on any atom is 0.228 e. The molecule has 0 amide bonds. The van der Waals surface area contributed by atoms with Gasteiger partial charge in [0, 0.05) is 43.8 Å². The first-order valence-corrected chi connectivity index (χ1v) is 8.28. The van der Waals surface area contributed by atoms with Gasteiger partial charge in [-0.2, -0.15) is 4.98 Å². The average molecular weight is 313 g/mol. The lowest BCUT2D eigenvalue weighted by atomic mass is 10.4. The number of hydrogen-bond acceptors (Lipinski definition) is 5. The van der Waals surface area contributed by atoms with E-state index in [9.17, 15) is 0 Å². The second-order valence-corrected chi connectivity index (χ2v) is 5.75. The molecule has 0 unspecified atom stereocenters. The van der Waals surface area contributed by atoms with Gasteiger partial charge in [-0.25, -0.2) is 4.98 Å². The summed E-state index contributed by atoms with van der Waals surface area (Å²) in [4.78, 5) is 13.8. The number of hydrogen-bond donors (Lipinski definition) is 0. The van der Waals surface area contributed by atoms with E-state index in [1.54, 1.807) is 0 Å². The number of nitrogens with zero attached hydrogens (tertiary/aromatic N) is 4. The molecule has 0 aliphatic carbocycles. The van der Waals surface area contributed by atoms with Crippen molar-refractivity contribution in [3.8, 4) is 5.88 Å². The Morgan fingerprint density at radius 1 is 1.24 bits per heavy atom. The normalized spacial score (nSPS) is 16.8. The van der Waals surface area contributed by atoms with Crippen molar-refractivity contribution in [1.29, 1.82) is 0 Å². The monoisotopic (exact) mass is 312 g/mol. The maximum absolute atomic E-state index is 5.84. The van der Waals surface area contributed by atoms with E-state index in [1.807, 2.05) is 13.0 Å². The lowest BCUT2D eigenvalue weighted by molar-refractivity contribution is 0.304. The van der Waals surface area contributed by atoms with E-state index in [1.165, 1.54) is 0 Å². The molecule has 21 heavy (non-hydrogen) atoms. The molecule has 0 aromatic carbocycles. The number of halogens is 1. The summed E-state index contributed by atoms with van der Waals surface area (Å²) in [7, 11) is 0. The number of alkyl halides is 1. The Balaban J connectivity index is 2.04. The Morgan fingerprint density at radius 3 is 2.86 bits per heavy atom. The zero-order valence-electron chi connectivity index (χ0n) is 13.0. The number of rotatable bonds is 6. The van der Waals surface area contributed by atoms with E-state index in [-0.39, 0.29) is 0 Å². The second kappa shape index (κ2) is 8.39. The van der Waals surface area contributed by atoms with Gasteiger partial charge >= 0.3 is 0 Å². The molecular formula is C15H25ClN4O. The van der Waals surface area contributed by atoms with E-state index in [2.05, 4.69) is 26.7 Å². The molecule has 6 heteroatoms. The van der Waals surface area contributed by atoms with Crippen LogP contribution in [0.5, 0.6) is 5.88 Å². The van der Waals surface area contributed by atoms with Gasteiger partial charge < -0.3 is 14.5 Å². The lowest BCUT2D eigenvalue weighted by Crippen LogP contribution is -2.32. The van der Waals surface area contributed by atoms with Crippen molar-refractivity contribution in [1.82, 2.24) is 14.9 Å². The fraction of sp³-hybridized carbons (Fsp3) is 0.733. The number of aromatic nitrogens is 2. The van der Waals surface area contributed by atoms with Gasteiger partial charge in [0.25, 0.3) is 0 Å². The summed E-state index contributed by atoms with van der Waals surface area (Å²) in [5.74, 6) is 2.16. The second-order valence-electron chi connectivity index (χ2n) is 5.37. The van der Waals surface area contributed by atoms with E-state index < -0.39 is 0 Å². The van der Waals surface area contributed by atoms with Gasteiger partial charge in [0.2, 0.25) is 11.8 Å². The van der Waals surface area contributed by atoms with E-state index in [0.717, 1.165) is 57.2 Å². The van der Waals surface area contributed by atoms with Crippen LogP contribution in [-0.4, -0.2) is 60.1 Å². The molecule has 0 radical (unpaired) electrons. The Hall–Kier alpha value is -1.07. The highest BCUT2D eigenvalue weighted by molar-refractivity contribution is 6.18.